The molecule has 5 heteroatoms. The maximum absolute atomic E-state index is 12.6. The molecule has 0 bridgehead atoms. The van der Waals surface area contributed by atoms with Crippen LogP contribution in [0.25, 0.3) is 0 Å². The topological polar surface area (TPSA) is 63.8 Å². The molecular formula is C11H11FN4. The fourth-order valence-electron chi connectivity index (χ4n) is 1.26. The van der Waals surface area contributed by atoms with E-state index in [0.29, 0.717) is 18.2 Å². The molecular weight excluding hydrogens is 207 g/mol. The molecule has 16 heavy (non-hydrogen) atoms. The highest BCUT2D eigenvalue weighted by Gasteiger charge is 1.97. The summed E-state index contributed by atoms with van der Waals surface area (Å²) in [6.07, 6.45) is 3.06. The third-order valence-electron chi connectivity index (χ3n) is 2.04. The van der Waals surface area contributed by atoms with Crippen molar-refractivity contribution in [2.45, 2.75) is 6.54 Å². The van der Waals surface area contributed by atoms with Gasteiger partial charge in [0.2, 0.25) is 0 Å². The van der Waals surface area contributed by atoms with Gasteiger partial charge >= 0.3 is 0 Å². The van der Waals surface area contributed by atoms with E-state index in [9.17, 15) is 4.39 Å². The van der Waals surface area contributed by atoms with Crippen LogP contribution in [0.4, 0.5) is 16.0 Å². The summed E-state index contributed by atoms with van der Waals surface area (Å²) in [6, 6.07) is 6.26. The predicted molar refractivity (Wildman–Crippen MR) is 60.2 cm³/mol. The Labute approximate surface area is 92.3 Å². The van der Waals surface area contributed by atoms with Crippen LogP contribution in [0.5, 0.6) is 0 Å². The number of nitrogen functional groups attached to an aromatic ring is 1. The van der Waals surface area contributed by atoms with E-state index in [2.05, 4.69) is 15.3 Å². The second-order valence-electron chi connectivity index (χ2n) is 3.31. The van der Waals surface area contributed by atoms with Crippen molar-refractivity contribution in [3.8, 4) is 0 Å². The first kappa shape index (κ1) is 10.4. The third kappa shape index (κ3) is 2.66. The van der Waals surface area contributed by atoms with Crippen molar-refractivity contribution in [2.24, 2.45) is 0 Å². The van der Waals surface area contributed by atoms with Crippen molar-refractivity contribution < 1.29 is 4.39 Å². The van der Waals surface area contributed by atoms with Crippen LogP contribution in [-0.2, 0) is 6.54 Å². The number of nitrogens with two attached hydrogens (primary N) is 1. The van der Waals surface area contributed by atoms with E-state index in [1.165, 1.54) is 18.3 Å². The summed E-state index contributed by atoms with van der Waals surface area (Å²) in [7, 11) is 0. The smallest absolute Gasteiger partial charge is 0.147 e. The van der Waals surface area contributed by atoms with Crippen LogP contribution in [-0.4, -0.2) is 9.97 Å². The molecule has 0 fully saturated rings. The lowest BCUT2D eigenvalue weighted by molar-refractivity contribution is 0.627. The van der Waals surface area contributed by atoms with Crippen LogP contribution in [0.15, 0.2) is 36.7 Å². The largest absolute Gasteiger partial charge is 0.382 e. The van der Waals surface area contributed by atoms with Crippen LogP contribution >= 0.6 is 0 Å². The number of rotatable bonds is 3. The first-order valence-electron chi connectivity index (χ1n) is 4.80. The number of anilines is 2. The molecule has 0 unspecified atom stereocenters. The van der Waals surface area contributed by atoms with Gasteiger partial charge in [0.25, 0.3) is 0 Å². The molecule has 0 radical (unpaired) electrons. The van der Waals surface area contributed by atoms with Crippen LogP contribution < -0.4 is 11.1 Å². The van der Waals surface area contributed by atoms with E-state index in [0.717, 1.165) is 5.56 Å². The first-order chi connectivity index (χ1) is 7.74. The lowest BCUT2D eigenvalue weighted by Crippen LogP contribution is -2.03. The third-order valence-corrected chi connectivity index (χ3v) is 2.04. The fraction of sp³-hybridized carbons (Fsp3) is 0.0909. The Morgan fingerprint density at radius 1 is 1.19 bits per heavy atom. The molecule has 3 N–H and O–H groups in total. The SMILES string of the molecule is Nc1cncc(NCc2ccc(F)cc2)n1. The fourth-order valence-corrected chi connectivity index (χ4v) is 1.26. The Bertz CT molecular complexity index is 470. The van der Waals surface area contributed by atoms with Gasteiger partial charge in [-0.05, 0) is 17.7 Å². The van der Waals surface area contributed by atoms with Crippen molar-refractivity contribution in [2.75, 3.05) is 11.1 Å². The monoisotopic (exact) mass is 218 g/mol. The van der Waals surface area contributed by atoms with Crippen LogP contribution in [0, 0.1) is 5.82 Å². The summed E-state index contributed by atoms with van der Waals surface area (Å²) in [4.78, 5) is 7.94. The van der Waals surface area contributed by atoms with Gasteiger partial charge in [-0.1, -0.05) is 12.1 Å². The number of nitrogens with one attached hydrogen (secondary N) is 1. The van der Waals surface area contributed by atoms with E-state index in [-0.39, 0.29) is 5.82 Å². The van der Waals surface area contributed by atoms with E-state index < -0.39 is 0 Å². The summed E-state index contributed by atoms with van der Waals surface area (Å²) in [5.41, 5.74) is 6.45. The van der Waals surface area contributed by atoms with E-state index in [1.54, 1.807) is 18.3 Å². The molecule has 1 heterocycles. The van der Waals surface area contributed by atoms with Gasteiger partial charge in [0.1, 0.15) is 17.5 Å². The number of aromatic nitrogens is 2. The van der Waals surface area contributed by atoms with Crippen molar-refractivity contribution in [1.82, 2.24) is 9.97 Å². The Balaban J connectivity index is 1.99. The van der Waals surface area contributed by atoms with Crippen molar-refractivity contribution in [1.29, 1.82) is 0 Å². The van der Waals surface area contributed by atoms with E-state index in [4.69, 9.17) is 5.73 Å². The van der Waals surface area contributed by atoms with Gasteiger partial charge in [0.05, 0.1) is 12.4 Å². The van der Waals surface area contributed by atoms with Gasteiger partial charge < -0.3 is 11.1 Å². The highest BCUT2D eigenvalue weighted by atomic mass is 19.1. The molecule has 2 aromatic rings. The first-order valence-corrected chi connectivity index (χ1v) is 4.80. The summed E-state index contributed by atoms with van der Waals surface area (Å²) in [6.45, 7) is 0.554. The van der Waals surface area contributed by atoms with Gasteiger partial charge in [-0.2, -0.15) is 0 Å². The number of hydrogen-bond donors (Lipinski definition) is 2. The molecule has 0 saturated heterocycles. The average Bonchev–Trinajstić information content (AvgIpc) is 2.28. The molecule has 1 aromatic heterocycles. The van der Waals surface area contributed by atoms with Gasteiger partial charge in [-0.25, -0.2) is 9.37 Å². The molecule has 0 aliphatic heterocycles. The molecule has 0 spiro atoms. The molecule has 0 aliphatic rings. The predicted octanol–water partition coefficient (Wildman–Crippen LogP) is 1.81. The molecule has 0 amide bonds. The summed E-state index contributed by atoms with van der Waals surface area (Å²) in [5.74, 6) is 0.723. The van der Waals surface area contributed by atoms with Crippen LogP contribution in [0.2, 0.25) is 0 Å². The molecule has 2 rings (SSSR count). The highest BCUT2D eigenvalue weighted by molar-refractivity contribution is 5.39. The summed E-state index contributed by atoms with van der Waals surface area (Å²) >= 11 is 0. The molecule has 1 aromatic carbocycles. The lowest BCUT2D eigenvalue weighted by atomic mass is 10.2. The number of nitrogens with zero attached hydrogens (tertiary/aromatic N) is 2. The van der Waals surface area contributed by atoms with Crippen molar-refractivity contribution in [3.63, 3.8) is 0 Å². The Morgan fingerprint density at radius 3 is 2.62 bits per heavy atom. The Kier molecular flexibility index (Phi) is 2.95. The molecule has 0 atom stereocenters. The highest BCUT2D eigenvalue weighted by Crippen LogP contribution is 2.07. The number of halogens is 1. The van der Waals surface area contributed by atoms with Gasteiger partial charge in [-0.3, -0.25) is 4.98 Å². The van der Waals surface area contributed by atoms with Gasteiger partial charge in [-0.15, -0.1) is 0 Å². The molecule has 82 valence electrons. The molecule has 4 nitrogen and oxygen atoms in total. The number of hydrogen-bond acceptors (Lipinski definition) is 4. The maximum atomic E-state index is 12.6. The quantitative estimate of drug-likeness (QED) is 0.824. The van der Waals surface area contributed by atoms with Crippen molar-refractivity contribution >= 4 is 11.6 Å². The maximum Gasteiger partial charge on any atom is 0.147 e. The summed E-state index contributed by atoms with van der Waals surface area (Å²) < 4.78 is 12.6. The second kappa shape index (κ2) is 4.57. The van der Waals surface area contributed by atoms with E-state index >= 15 is 0 Å². The minimum atomic E-state index is -0.243. The van der Waals surface area contributed by atoms with Gasteiger partial charge in [0.15, 0.2) is 0 Å². The standard InChI is InChI=1S/C11H11FN4/c12-9-3-1-8(2-4-9)5-15-11-7-14-6-10(13)16-11/h1-4,6-7H,5H2,(H3,13,15,16). The van der Waals surface area contributed by atoms with E-state index in [1.807, 2.05) is 0 Å². The van der Waals surface area contributed by atoms with Crippen LogP contribution in [0.3, 0.4) is 0 Å². The van der Waals surface area contributed by atoms with Crippen LogP contribution in [0.1, 0.15) is 5.56 Å². The molecule has 0 saturated carbocycles. The second-order valence-corrected chi connectivity index (χ2v) is 3.31. The van der Waals surface area contributed by atoms with Gasteiger partial charge in [0, 0.05) is 6.54 Å². The lowest BCUT2D eigenvalue weighted by Gasteiger charge is -2.05. The zero-order valence-electron chi connectivity index (χ0n) is 8.52. The Morgan fingerprint density at radius 2 is 1.94 bits per heavy atom. The minimum absolute atomic E-state index is 0.243. The zero-order valence-corrected chi connectivity index (χ0v) is 8.52. The molecule has 0 aliphatic carbocycles. The Hall–Kier alpha value is -2.17. The minimum Gasteiger partial charge on any atom is -0.382 e. The zero-order chi connectivity index (χ0) is 11.4. The average molecular weight is 218 g/mol. The summed E-state index contributed by atoms with van der Waals surface area (Å²) in [5, 5.41) is 3.05. The van der Waals surface area contributed by atoms with Crippen molar-refractivity contribution in [3.05, 3.63) is 48.0 Å². The normalized spacial score (nSPS) is 10.1. The number of benzene rings is 1.